The van der Waals surface area contributed by atoms with Gasteiger partial charge in [0.1, 0.15) is 11.8 Å². The summed E-state index contributed by atoms with van der Waals surface area (Å²) >= 11 is 0. The van der Waals surface area contributed by atoms with Crippen LogP contribution in [0.4, 0.5) is 0 Å². The first kappa shape index (κ1) is 23.0. The van der Waals surface area contributed by atoms with E-state index in [0.29, 0.717) is 12.2 Å². The van der Waals surface area contributed by atoms with Gasteiger partial charge in [-0.25, -0.2) is 0 Å². The molecular formula is C22H35NO4. The predicted octanol–water partition coefficient (Wildman–Crippen LogP) is 5.19. The van der Waals surface area contributed by atoms with Gasteiger partial charge >= 0.3 is 5.97 Å². The second kappa shape index (κ2) is 14.1. The van der Waals surface area contributed by atoms with Gasteiger partial charge in [0.05, 0.1) is 6.61 Å². The largest absolute Gasteiger partial charge is 0.494 e. The van der Waals surface area contributed by atoms with Crippen molar-refractivity contribution in [1.29, 1.82) is 0 Å². The first-order valence-electron chi connectivity index (χ1n) is 10.3. The van der Waals surface area contributed by atoms with Gasteiger partial charge in [0, 0.05) is 5.56 Å². The zero-order valence-electron chi connectivity index (χ0n) is 16.8. The summed E-state index contributed by atoms with van der Waals surface area (Å²) in [5, 5.41) is 11.2. The number of carboxylic acids is 1. The highest BCUT2D eigenvalue weighted by Gasteiger charge is 2.15. The van der Waals surface area contributed by atoms with Crippen molar-refractivity contribution in [3.8, 4) is 5.75 Å². The number of carbonyl (C=O) groups excluding carboxylic acids is 1. The van der Waals surface area contributed by atoms with E-state index >= 15 is 0 Å². The monoisotopic (exact) mass is 377 g/mol. The number of nitrogens with one attached hydrogen (secondary N) is 1. The molecule has 0 heterocycles. The maximum atomic E-state index is 11.9. The molecule has 0 spiro atoms. The Bertz CT molecular complexity index is 542. The van der Waals surface area contributed by atoms with E-state index in [-0.39, 0.29) is 0 Å². The molecule has 27 heavy (non-hydrogen) atoms. The molecule has 5 nitrogen and oxygen atoms in total. The molecule has 0 aliphatic heterocycles. The van der Waals surface area contributed by atoms with Gasteiger partial charge in [0.15, 0.2) is 0 Å². The van der Waals surface area contributed by atoms with Gasteiger partial charge in [-0.15, -0.1) is 0 Å². The van der Waals surface area contributed by atoms with Crippen LogP contribution < -0.4 is 10.1 Å². The third-order valence-corrected chi connectivity index (χ3v) is 4.60. The number of benzene rings is 1. The minimum absolute atomic E-state index is 0.397. The summed E-state index contributed by atoms with van der Waals surface area (Å²) in [6.45, 7) is 4.36. The highest BCUT2D eigenvalue weighted by Crippen LogP contribution is 2.14. The van der Waals surface area contributed by atoms with Gasteiger partial charge in [-0.2, -0.15) is 0 Å². The second-order valence-electron chi connectivity index (χ2n) is 7.09. The minimum atomic E-state index is -1.06. The molecule has 5 heteroatoms. The van der Waals surface area contributed by atoms with Crippen LogP contribution in [0.2, 0.25) is 0 Å². The molecule has 0 aromatic heterocycles. The molecule has 0 fully saturated rings. The maximum Gasteiger partial charge on any atom is 0.325 e. The molecule has 152 valence electrons. The standard InChI is InChI=1S/C22H35NO4/c1-3-4-5-6-7-8-9-10-11-12-17-27-20-15-13-19(14-16-20)21(24)23-18(2)22(25)26/h13-16,18H,3-12,17H2,1-2H3,(H,23,24)(H,25,26)/t18-/m0/s1. The van der Waals surface area contributed by atoms with Crippen molar-refractivity contribution in [2.75, 3.05) is 6.61 Å². The Morgan fingerprint density at radius 3 is 1.96 bits per heavy atom. The van der Waals surface area contributed by atoms with Crippen molar-refractivity contribution in [2.45, 2.75) is 84.1 Å². The smallest absolute Gasteiger partial charge is 0.325 e. The van der Waals surface area contributed by atoms with Crippen LogP contribution in [0.15, 0.2) is 24.3 Å². The van der Waals surface area contributed by atoms with Crippen molar-refractivity contribution in [2.24, 2.45) is 0 Å². The number of amides is 1. The SMILES string of the molecule is CCCCCCCCCCCCOc1ccc(C(=O)N[C@@H](C)C(=O)O)cc1. The Balaban J connectivity index is 2.11. The topological polar surface area (TPSA) is 75.6 Å². The zero-order valence-corrected chi connectivity index (χ0v) is 16.8. The van der Waals surface area contributed by atoms with Crippen LogP contribution in [0.5, 0.6) is 5.75 Å². The Morgan fingerprint density at radius 2 is 1.44 bits per heavy atom. The van der Waals surface area contributed by atoms with E-state index in [1.165, 1.54) is 64.7 Å². The molecule has 1 rings (SSSR count). The lowest BCUT2D eigenvalue weighted by Crippen LogP contribution is -2.38. The number of carbonyl (C=O) groups is 2. The molecule has 1 aromatic rings. The molecule has 0 radical (unpaired) electrons. The lowest BCUT2D eigenvalue weighted by molar-refractivity contribution is -0.138. The fourth-order valence-electron chi connectivity index (χ4n) is 2.82. The van der Waals surface area contributed by atoms with Gasteiger partial charge in [0.2, 0.25) is 0 Å². The summed E-state index contributed by atoms with van der Waals surface area (Å²) in [6, 6.07) is 5.88. The van der Waals surface area contributed by atoms with E-state index in [2.05, 4.69) is 12.2 Å². The number of carboxylic acid groups (broad SMARTS) is 1. The van der Waals surface area contributed by atoms with E-state index in [4.69, 9.17) is 9.84 Å². The molecule has 1 amide bonds. The third-order valence-electron chi connectivity index (χ3n) is 4.60. The fraction of sp³-hybridized carbons (Fsp3) is 0.636. The van der Waals surface area contributed by atoms with Crippen LogP contribution in [0, 0.1) is 0 Å². The van der Waals surface area contributed by atoms with Crippen LogP contribution in [-0.4, -0.2) is 29.6 Å². The highest BCUT2D eigenvalue weighted by atomic mass is 16.5. The highest BCUT2D eigenvalue weighted by molar-refractivity contribution is 5.96. The third kappa shape index (κ3) is 10.6. The molecule has 0 bridgehead atoms. The van der Waals surface area contributed by atoms with Crippen molar-refractivity contribution in [1.82, 2.24) is 5.32 Å². The average Bonchev–Trinajstić information content (AvgIpc) is 2.66. The maximum absolute atomic E-state index is 11.9. The Kier molecular flexibility index (Phi) is 12.0. The first-order chi connectivity index (χ1) is 13.0. The van der Waals surface area contributed by atoms with E-state index < -0.39 is 17.9 Å². The molecule has 1 aromatic carbocycles. The summed E-state index contributed by atoms with van der Waals surface area (Å²) in [5.41, 5.74) is 0.425. The Morgan fingerprint density at radius 1 is 0.926 bits per heavy atom. The summed E-state index contributed by atoms with van der Waals surface area (Å²) in [4.78, 5) is 22.7. The first-order valence-corrected chi connectivity index (χ1v) is 10.3. The number of hydrogen-bond acceptors (Lipinski definition) is 3. The Hall–Kier alpha value is -2.04. The fourth-order valence-corrected chi connectivity index (χ4v) is 2.82. The number of unbranched alkanes of at least 4 members (excludes halogenated alkanes) is 9. The zero-order chi connectivity index (χ0) is 19.9. The number of ether oxygens (including phenoxy) is 1. The van der Waals surface area contributed by atoms with E-state index in [9.17, 15) is 9.59 Å². The predicted molar refractivity (Wildman–Crippen MR) is 108 cm³/mol. The van der Waals surface area contributed by atoms with Crippen molar-refractivity contribution >= 4 is 11.9 Å². The molecule has 0 aliphatic rings. The summed E-state index contributed by atoms with van der Waals surface area (Å²) in [7, 11) is 0. The summed E-state index contributed by atoms with van der Waals surface area (Å²) < 4.78 is 5.71. The van der Waals surface area contributed by atoms with Crippen LogP contribution in [-0.2, 0) is 4.79 Å². The molecule has 0 unspecified atom stereocenters. The second-order valence-corrected chi connectivity index (χ2v) is 7.09. The van der Waals surface area contributed by atoms with E-state index in [1.54, 1.807) is 24.3 Å². The number of aliphatic carboxylic acids is 1. The van der Waals surface area contributed by atoms with E-state index in [0.717, 1.165) is 12.2 Å². The van der Waals surface area contributed by atoms with Crippen molar-refractivity contribution in [3.05, 3.63) is 29.8 Å². The summed E-state index contributed by atoms with van der Waals surface area (Å²) in [5.74, 6) is -0.723. The lowest BCUT2D eigenvalue weighted by atomic mass is 10.1. The molecule has 0 saturated carbocycles. The van der Waals surface area contributed by atoms with Crippen molar-refractivity contribution < 1.29 is 19.4 Å². The van der Waals surface area contributed by atoms with Gasteiger partial charge in [-0.3, -0.25) is 9.59 Å². The minimum Gasteiger partial charge on any atom is -0.494 e. The van der Waals surface area contributed by atoms with Crippen LogP contribution in [0.3, 0.4) is 0 Å². The quantitative estimate of drug-likeness (QED) is 0.412. The van der Waals surface area contributed by atoms with Crippen LogP contribution in [0.25, 0.3) is 0 Å². The Labute approximate surface area is 163 Å². The van der Waals surface area contributed by atoms with Crippen LogP contribution >= 0.6 is 0 Å². The van der Waals surface area contributed by atoms with Gasteiger partial charge in [0.25, 0.3) is 5.91 Å². The number of hydrogen-bond donors (Lipinski definition) is 2. The van der Waals surface area contributed by atoms with Crippen LogP contribution in [0.1, 0.15) is 88.4 Å². The van der Waals surface area contributed by atoms with Gasteiger partial charge < -0.3 is 15.2 Å². The molecule has 2 N–H and O–H groups in total. The number of rotatable bonds is 15. The summed E-state index contributed by atoms with van der Waals surface area (Å²) in [6.07, 6.45) is 12.9. The molecule has 0 aliphatic carbocycles. The lowest BCUT2D eigenvalue weighted by Gasteiger charge is -2.10. The average molecular weight is 378 g/mol. The van der Waals surface area contributed by atoms with Gasteiger partial charge in [-0.1, -0.05) is 64.7 Å². The van der Waals surface area contributed by atoms with E-state index in [1.807, 2.05) is 0 Å². The normalized spacial score (nSPS) is 11.8. The molecule has 0 saturated heterocycles. The van der Waals surface area contributed by atoms with Gasteiger partial charge in [-0.05, 0) is 37.6 Å². The molecule has 1 atom stereocenters. The molecular weight excluding hydrogens is 342 g/mol. The van der Waals surface area contributed by atoms with Crippen molar-refractivity contribution in [3.63, 3.8) is 0 Å².